The summed E-state index contributed by atoms with van der Waals surface area (Å²) in [7, 11) is 0. The van der Waals surface area contributed by atoms with Crippen molar-refractivity contribution in [1.29, 1.82) is 0 Å². The van der Waals surface area contributed by atoms with Crippen molar-refractivity contribution >= 4 is 33.3 Å². The predicted molar refractivity (Wildman–Crippen MR) is 119 cm³/mol. The third-order valence-electron chi connectivity index (χ3n) is 5.33. The Kier molecular flexibility index (Phi) is 5.37. The predicted octanol–water partition coefficient (Wildman–Crippen LogP) is 3.88. The molecule has 9 heteroatoms. The molecular formula is C21H24N8S. The van der Waals surface area contributed by atoms with Gasteiger partial charge in [0.1, 0.15) is 10.8 Å². The maximum Gasteiger partial charge on any atom is 0.211 e. The normalized spacial score (nSPS) is 14.6. The van der Waals surface area contributed by atoms with Crippen LogP contribution in [0.2, 0.25) is 0 Å². The van der Waals surface area contributed by atoms with Crippen LogP contribution in [0.15, 0.2) is 36.8 Å². The minimum absolute atomic E-state index is 0.732. The summed E-state index contributed by atoms with van der Waals surface area (Å²) in [5, 5.41) is 17.5. The first-order valence-electron chi connectivity index (χ1n) is 10.3. The van der Waals surface area contributed by atoms with Crippen LogP contribution in [0.25, 0.3) is 22.2 Å². The van der Waals surface area contributed by atoms with Crippen LogP contribution in [0.4, 0.5) is 10.9 Å². The molecule has 5 rings (SSSR count). The van der Waals surface area contributed by atoms with Gasteiger partial charge in [-0.15, -0.1) is 10.2 Å². The van der Waals surface area contributed by atoms with E-state index in [2.05, 4.69) is 42.8 Å². The number of nitrogens with zero attached hydrogens (tertiary/aromatic N) is 7. The summed E-state index contributed by atoms with van der Waals surface area (Å²) in [5.41, 5.74) is 3.77. The zero-order valence-electron chi connectivity index (χ0n) is 17.0. The smallest absolute Gasteiger partial charge is 0.211 e. The second-order valence-corrected chi connectivity index (χ2v) is 8.79. The molecule has 0 bridgehead atoms. The summed E-state index contributed by atoms with van der Waals surface area (Å²) in [6.45, 7) is 6.51. The average Bonchev–Trinajstić information content (AvgIpc) is 3.51. The van der Waals surface area contributed by atoms with E-state index in [0.717, 1.165) is 57.6 Å². The maximum absolute atomic E-state index is 4.70. The Labute approximate surface area is 179 Å². The highest BCUT2D eigenvalue weighted by molar-refractivity contribution is 7.15. The molecule has 30 heavy (non-hydrogen) atoms. The summed E-state index contributed by atoms with van der Waals surface area (Å²) in [4.78, 5) is 11.8. The number of hydrogen-bond acceptors (Lipinski definition) is 8. The molecule has 0 aromatic carbocycles. The molecule has 0 radical (unpaired) electrons. The number of hydrogen-bond donors (Lipinski definition) is 1. The first kappa shape index (κ1) is 19.1. The van der Waals surface area contributed by atoms with E-state index in [9.17, 15) is 0 Å². The molecule has 0 spiro atoms. The number of rotatable bonds is 7. The lowest BCUT2D eigenvalue weighted by atomic mass is 10.1. The zero-order chi connectivity index (χ0) is 20.3. The van der Waals surface area contributed by atoms with Crippen LogP contribution in [0.5, 0.6) is 0 Å². The second kappa shape index (κ2) is 8.45. The first-order valence-corrected chi connectivity index (χ1v) is 11.1. The van der Waals surface area contributed by atoms with Crippen LogP contribution in [0.3, 0.4) is 0 Å². The summed E-state index contributed by atoms with van der Waals surface area (Å²) < 4.78 is 2.03. The van der Waals surface area contributed by atoms with E-state index >= 15 is 0 Å². The maximum atomic E-state index is 4.70. The highest BCUT2D eigenvalue weighted by Crippen LogP contribution is 2.24. The van der Waals surface area contributed by atoms with Gasteiger partial charge in [0.2, 0.25) is 5.13 Å². The van der Waals surface area contributed by atoms with Gasteiger partial charge in [0.15, 0.2) is 0 Å². The monoisotopic (exact) mass is 420 g/mol. The van der Waals surface area contributed by atoms with Crippen molar-refractivity contribution in [3.05, 3.63) is 41.8 Å². The van der Waals surface area contributed by atoms with Gasteiger partial charge >= 0.3 is 0 Å². The van der Waals surface area contributed by atoms with Crippen LogP contribution < -0.4 is 5.32 Å². The lowest BCUT2D eigenvalue weighted by Crippen LogP contribution is -2.21. The Morgan fingerprint density at radius 1 is 1.03 bits per heavy atom. The van der Waals surface area contributed by atoms with E-state index in [-0.39, 0.29) is 0 Å². The quantitative estimate of drug-likeness (QED) is 0.486. The van der Waals surface area contributed by atoms with Crippen LogP contribution in [0.1, 0.15) is 24.3 Å². The fraction of sp³-hybridized carbons (Fsp3) is 0.381. The van der Waals surface area contributed by atoms with E-state index in [1.165, 1.54) is 37.3 Å². The van der Waals surface area contributed by atoms with Crippen molar-refractivity contribution in [3.8, 4) is 11.1 Å². The van der Waals surface area contributed by atoms with Crippen molar-refractivity contribution in [3.63, 3.8) is 0 Å². The van der Waals surface area contributed by atoms with E-state index in [1.54, 1.807) is 0 Å². The largest absolute Gasteiger partial charge is 0.315 e. The third-order valence-corrected chi connectivity index (χ3v) is 6.08. The number of likely N-dealkylation sites (tertiary alicyclic amines) is 1. The number of aryl methyl sites for hydroxylation is 2. The van der Waals surface area contributed by atoms with E-state index in [1.807, 2.05) is 36.1 Å². The Hall–Kier alpha value is -2.91. The molecule has 1 saturated heterocycles. The number of aromatic nitrogens is 6. The molecule has 0 atom stereocenters. The Bertz CT molecular complexity index is 1140. The molecule has 0 amide bonds. The van der Waals surface area contributed by atoms with Crippen LogP contribution >= 0.6 is 11.3 Å². The molecule has 8 nitrogen and oxygen atoms in total. The first-order chi connectivity index (χ1) is 14.7. The minimum Gasteiger partial charge on any atom is -0.315 e. The highest BCUT2D eigenvalue weighted by atomic mass is 32.1. The number of fused-ring (bicyclic) bond motifs is 1. The molecule has 0 aliphatic carbocycles. The van der Waals surface area contributed by atoms with Gasteiger partial charge < -0.3 is 10.2 Å². The van der Waals surface area contributed by atoms with E-state index in [0.29, 0.717) is 0 Å². The molecule has 1 fully saturated rings. The topological polar surface area (TPSA) is 84.7 Å². The molecule has 5 heterocycles. The van der Waals surface area contributed by atoms with Gasteiger partial charge in [0, 0.05) is 30.1 Å². The van der Waals surface area contributed by atoms with Crippen molar-refractivity contribution in [1.82, 2.24) is 34.8 Å². The zero-order valence-corrected chi connectivity index (χ0v) is 17.8. The lowest BCUT2D eigenvalue weighted by molar-refractivity contribution is 0.322. The van der Waals surface area contributed by atoms with Gasteiger partial charge in [-0.3, -0.25) is 9.67 Å². The molecule has 0 saturated carbocycles. The number of pyridine rings is 2. The Morgan fingerprint density at radius 3 is 2.77 bits per heavy atom. The Morgan fingerprint density at radius 2 is 1.93 bits per heavy atom. The second-order valence-electron chi connectivity index (χ2n) is 7.60. The van der Waals surface area contributed by atoms with Gasteiger partial charge in [-0.2, -0.15) is 5.10 Å². The van der Waals surface area contributed by atoms with Crippen molar-refractivity contribution in [2.75, 3.05) is 25.0 Å². The van der Waals surface area contributed by atoms with Crippen molar-refractivity contribution < 1.29 is 0 Å². The molecule has 154 valence electrons. The van der Waals surface area contributed by atoms with Gasteiger partial charge in [0.05, 0.1) is 17.2 Å². The van der Waals surface area contributed by atoms with E-state index < -0.39 is 0 Å². The molecular weight excluding hydrogens is 396 g/mol. The summed E-state index contributed by atoms with van der Waals surface area (Å²) in [6, 6.07) is 5.93. The number of anilines is 2. The molecule has 4 aromatic rings. The third kappa shape index (κ3) is 4.31. The number of nitrogens with one attached hydrogen (secondary N) is 1. The molecule has 1 aliphatic heterocycles. The van der Waals surface area contributed by atoms with Gasteiger partial charge in [-0.1, -0.05) is 11.3 Å². The minimum atomic E-state index is 0.732. The summed E-state index contributed by atoms with van der Waals surface area (Å²) in [5.74, 6) is 0.732. The van der Waals surface area contributed by atoms with Gasteiger partial charge in [0.25, 0.3) is 0 Å². The van der Waals surface area contributed by atoms with Gasteiger partial charge in [-0.25, -0.2) is 4.98 Å². The molecule has 1 N–H and O–H groups in total. The average molecular weight is 421 g/mol. The van der Waals surface area contributed by atoms with Gasteiger partial charge in [-0.05, 0) is 64.0 Å². The van der Waals surface area contributed by atoms with Crippen LogP contribution in [0, 0.1) is 6.92 Å². The summed E-state index contributed by atoms with van der Waals surface area (Å²) >= 11 is 1.50. The van der Waals surface area contributed by atoms with Crippen LogP contribution in [-0.2, 0) is 6.54 Å². The lowest BCUT2D eigenvalue weighted by Gasteiger charge is -2.13. The van der Waals surface area contributed by atoms with E-state index in [4.69, 9.17) is 4.98 Å². The highest BCUT2D eigenvalue weighted by Gasteiger charge is 2.11. The SMILES string of the molecule is Cc1nnc(Nc2ccc3ncc(-c4cnn(CCCN5CCCC5)c4)cc3n2)s1. The Balaban J connectivity index is 1.29. The molecule has 1 aliphatic rings. The fourth-order valence-electron chi connectivity index (χ4n) is 3.79. The van der Waals surface area contributed by atoms with Crippen molar-refractivity contribution in [2.45, 2.75) is 32.7 Å². The van der Waals surface area contributed by atoms with Crippen molar-refractivity contribution in [2.24, 2.45) is 0 Å². The van der Waals surface area contributed by atoms with Crippen LogP contribution in [-0.4, -0.2) is 54.5 Å². The molecule has 0 unspecified atom stereocenters. The summed E-state index contributed by atoms with van der Waals surface area (Å²) in [6.07, 6.45) is 9.69. The molecule has 4 aromatic heterocycles. The standard InChI is InChI=1S/C21H24N8S/c1-15-26-27-21(30-15)25-20-6-5-18-19(24-20)11-16(12-22-18)17-13-23-29(14-17)10-4-9-28-7-2-3-8-28/h5-6,11-14H,2-4,7-10H2,1H3,(H,24,25,27). The fourth-order valence-corrected chi connectivity index (χ4v) is 4.39.